The molecule has 0 aromatic carbocycles. The number of hydrogen-bond donors (Lipinski definition) is 2. The maximum Gasteiger partial charge on any atom is 0.421 e. The minimum Gasteiger partial charge on any atom is -0.481 e. The molecule has 0 saturated carbocycles. The summed E-state index contributed by atoms with van der Waals surface area (Å²) < 4.78 is 52.0. The molecule has 188 valence electrons. The van der Waals surface area contributed by atoms with Gasteiger partial charge in [0.05, 0.1) is 31.1 Å². The molecule has 0 bridgehead atoms. The van der Waals surface area contributed by atoms with Crippen LogP contribution in [0.15, 0.2) is 49.1 Å². The van der Waals surface area contributed by atoms with E-state index in [1.165, 1.54) is 18.6 Å². The molecule has 2 unspecified atom stereocenters. The number of hydrogen-bond acceptors (Lipinski definition) is 8. The van der Waals surface area contributed by atoms with E-state index in [9.17, 15) is 18.0 Å². The van der Waals surface area contributed by atoms with Gasteiger partial charge in [-0.15, -0.1) is 0 Å². The molecule has 1 amide bonds. The zero-order valence-corrected chi connectivity index (χ0v) is 19.2. The van der Waals surface area contributed by atoms with Crippen molar-refractivity contribution in [2.75, 3.05) is 32.2 Å². The Morgan fingerprint density at radius 3 is 2.81 bits per heavy atom. The molecule has 36 heavy (non-hydrogen) atoms. The molecule has 2 atom stereocenters. The number of anilines is 1. The van der Waals surface area contributed by atoms with Gasteiger partial charge in [0, 0.05) is 54.7 Å². The van der Waals surface area contributed by atoms with Gasteiger partial charge in [-0.05, 0) is 30.7 Å². The fourth-order valence-electron chi connectivity index (χ4n) is 4.42. The van der Waals surface area contributed by atoms with E-state index in [2.05, 4.69) is 25.6 Å². The van der Waals surface area contributed by atoms with Crippen molar-refractivity contribution in [1.82, 2.24) is 25.2 Å². The van der Waals surface area contributed by atoms with Gasteiger partial charge in [-0.1, -0.05) is 0 Å². The molecule has 3 aromatic heterocycles. The third-order valence-corrected chi connectivity index (χ3v) is 6.11. The van der Waals surface area contributed by atoms with Crippen molar-refractivity contribution in [2.24, 2.45) is 0 Å². The Bertz CT molecular complexity index is 1260. The number of nitrogens with one attached hydrogen (secondary N) is 2. The predicted octanol–water partition coefficient (Wildman–Crippen LogP) is 3.47. The number of likely N-dealkylation sites (tertiary alicyclic amines) is 1. The summed E-state index contributed by atoms with van der Waals surface area (Å²) >= 11 is 0. The molecule has 9 nitrogen and oxygen atoms in total. The van der Waals surface area contributed by atoms with Gasteiger partial charge in [0.25, 0.3) is 5.91 Å². The van der Waals surface area contributed by atoms with Crippen LogP contribution in [0.2, 0.25) is 0 Å². The van der Waals surface area contributed by atoms with Gasteiger partial charge in [0.15, 0.2) is 0 Å². The zero-order valence-electron chi connectivity index (χ0n) is 19.2. The molecule has 2 N–H and O–H groups in total. The molecule has 0 spiro atoms. The number of halogens is 3. The number of ether oxygens (including phenoxy) is 2. The number of rotatable bonds is 5. The molecule has 1 fully saturated rings. The van der Waals surface area contributed by atoms with E-state index in [-0.39, 0.29) is 17.6 Å². The highest BCUT2D eigenvalue weighted by Gasteiger charge is 2.37. The van der Waals surface area contributed by atoms with E-state index in [4.69, 9.17) is 9.47 Å². The monoisotopic (exact) mass is 500 g/mol. The summed E-state index contributed by atoms with van der Waals surface area (Å²) in [6.45, 7) is 1.29. The van der Waals surface area contributed by atoms with E-state index in [0.717, 1.165) is 13.2 Å². The van der Waals surface area contributed by atoms with Crippen LogP contribution >= 0.6 is 0 Å². The molecule has 0 aliphatic carbocycles. The summed E-state index contributed by atoms with van der Waals surface area (Å²) in [6.07, 6.45) is 0.985. The second-order valence-corrected chi connectivity index (χ2v) is 8.38. The minimum atomic E-state index is -4.65. The average molecular weight is 500 g/mol. The second kappa shape index (κ2) is 9.70. The standard InChI is InChI=1S/C24H23F3N6O3/c1-35-21-17(24(25,26)27)9-15(11-30-21)20-19-18(4-7-29-20)31-13-32-22(19)36-16-5-8-33(12-16)23(34)14-3-2-6-28-10-14/h2-4,6-7,9-11,16,22,31-32H,5,8,12-13H2,1H3. The van der Waals surface area contributed by atoms with Crippen molar-refractivity contribution < 1.29 is 27.4 Å². The number of aromatic nitrogens is 3. The second-order valence-electron chi connectivity index (χ2n) is 8.38. The largest absolute Gasteiger partial charge is 0.481 e. The van der Waals surface area contributed by atoms with Crippen LogP contribution in [0.4, 0.5) is 18.9 Å². The maximum atomic E-state index is 13.6. The lowest BCUT2D eigenvalue weighted by atomic mass is 10.0. The Balaban J connectivity index is 1.41. The highest BCUT2D eigenvalue weighted by Crippen LogP contribution is 2.40. The molecule has 2 aliphatic rings. The summed E-state index contributed by atoms with van der Waals surface area (Å²) in [7, 11) is 1.14. The van der Waals surface area contributed by atoms with E-state index in [1.54, 1.807) is 29.3 Å². The Hall–Kier alpha value is -3.77. The van der Waals surface area contributed by atoms with Gasteiger partial charge in [0.2, 0.25) is 5.88 Å². The number of alkyl halides is 3. The number of fused-ring (bicyclic) bond motifs is 1. The van der Waals surface area contributed by atoms with Gasteiger partial charge in [-0.3, -0.25) is 20.1 Å². The van der Waals surface area contributed by atoms with Crippen LogP contribution in [0.1, 0.15) is 34.1 Å². The predicted molar refractivity (Wildman–Crippen MR) is 123 cm³/mol. The van der Waals surface area contributed by atoms with Crippen molar-refractivity contribution in [3.8, 4) is 17.1 Å². The summed E-state index contributed by atoms with van der Waals surface area (Å²) in [4.78, 5) is 26.7. The van der Waals surface area contributed by atoms with Crippen LogP contribution < -0.4 is 15.4 Å². The van der Waals surface area contributed by atoms with Crippen molar-refractivity contribution >= 4 is 11.6 Å². The molecule has 12 heteroatoms. The molecular weight excluding hydrogens is 477 g/mol. The Morgan fingerprint density at radius 2 is 2.06 bits per heavy atom. The van der Waals surface area contributed by atoms with Crippen LogP contribution in [-0.2, 0) is 10.9 Å². The van der Waals surface area contributed by atoms with E-state index in [0.29, 0.717) is 48.7 Å². The minimum absolute atomic E-state index is 0.126. The summed E-state index contributed by atoms with van der Waals surface area (Å²) in [6, 6.07) is 6.14. The number of amides is 1. The molecule has 2 aliphatic heterocycles. The maximum absolute atomic E-state index is 13.6. The summed E-state index contributed by atoms with van der Waals surface area (Å²) in [5, 5.41) is 6.38. The van der Waals surface area contributed by atoms with Crippen LogP contribution in [0.3, 0.4) is 0 Å². The van der Waals surface area contributed by atoms with Gasteiger partial charge >= 0.3 is 6.18 Å². The highest BCUT2D eigenvalue weighted by atomic mass is 19.4. The van der Waals surface area contributed by atoms with Gasteiger partial charge in [-0.2, -0.15) is 13.2 Å². The third kappa shape index (κ3) is 4.69. The lowest BCUT2D eigenvalue weighted by Gasteiger charge is -2.31. The highest BCUT2D eigenvalue weighted by molar-refractivity contribution is 5.94. The van der Waals surface area contributed by atoms with E-state index < -0.39 is 23.8 Å². The van der Waals surface area contributed by atoms with Crippen LogP contribution in [0.5, 0.6) is 5.88 Å². The van der Waals surface area contributed by atoms with Crippen molar-refractivity contribution in [2.45, 2.75) is 24.9 Å². The molecular formula is C24H23F3N6O3. The molecule has 1 saturated heterocycles. The van der Waals surface area contributed by atoms with Crippen molar-refractivity contribution in [3.05, 3.63) is 65.7 Å². The summed E-state index contributed by atoms with van der Waals surface area (Å²) in [5.41, 5.74) is 1.26. The van der Waals surface area contributed by atoms with Crippen molar-refractivity contribution in [3.63, 3.8) is 0 Å². The fourth-order valence-corrected chi connectivity index (χ4v) is 4.42. The number of nitrogens with zero attached hydrogens (tertiary/aromatic N) is 4. The van der Waals surface area contributed by atoms with E-state index in [1.807, 2.05) is 0 Å². The first-order valence-electron chi connectivity index (χ1n) is 11.3. The average Bonchev–Trinajstić information content (AvgIpc) is 3.36. The number of carbonyl (C=O) groups excluding carboxylic acids is 1. The van der Waals surface area contributed by atoms with E-state index >= 15 is 0 Å². The van der Waals surface area contributed by atoms with Crippen LogP contribution in [0, 0.1) is 0 Å². The van der Waals surface area contributed by atoms with Crippen LogP contribution in [-0.4, -0.2) is 58.7 Å². The van der Waals surface area contributed by atoms with Gasteiger partial charge in [0.1, 0.15) is 11.8 Å². The first-order valence-corrected chi connectivity index (χ1v) is 11.3. The molecule has 5 heterocycles. The summed E-state index contributed by atoms with van der Waals surface area (Å²) in [5.74, 6) is -0.636. The fraction of sp³-hybridized carbons (Fsp3) is 0.333. The smallest absolute Gasteiger partial charge is 0.421 e. The molecule has 5 rings (SSSR count). The van der Waals surface area contributed by atoms with Gasteiger partial charge < -0.3 is 19.7 Å². The number of pyridine rings is 3. The normalized spacial score (nSPS) is 19.5. The Labute approximate surface area is 204 Å². The van der Waals surface area contributed by atoms with Crippen molar-refractivity contribution in [1.29, 1.82) is 0 Å². The quantitative estimate of drug-likeness (QED) is 0.549. The first-order chi connectivity index (χ1) is 17.3. The number of methoxy groups -OCH3 is 1. The van der Waals surface area contributed by atoms with Gasteiger partial charge in [-0.25, -0.2) is 4.98 Å². The third-order valence-electron chi connectivity index (χ3n) is 6.11. The van der Waals surface area contributed by atoms with Crippen LogP contribution in [0.25, 0.3) is 11.3 Å². The Kier molecular flexibility index (Phi) is 6.46. The first kappa shape index (κ1) is 23.9. The molecule has 3 aromatic rings. The Morgan fingerprint density at radius 1 is 1.19 bits per heavy atom. The molecule has 0 radical (unpaired) electrons. The number of carbonyl (C=O) groups is 1. The lowest BCUT2D eigenvalue weighted by Crippen LogP contribution is -2.38. The lowest BCUT2D eigenvalue weighted by molar-refractivity contribution is -0.139. The zero-order chi connectivity index (χ0) is 25.3. The SMILES string of the molecule is COc1ncc(-c2nccc3c2C(OC2CCN(C(=O)c4cccnc4)C2)NCN3)cc1C(F)(F)F. The topological polar surface area (TPSA) is 102 Å².